The fourth-order valence-corrected chi connectivity index (χ4v) is 3.45. The summed E-state index contributed by atoms with van der Waals surface area (Å²) >= 11 is 0. The highest BCUT2D eigenvalue weighted by Crippen LogP contribution is 2.27. The number of carbonyl (C=O) groups excluding carboxylic acids is 1. The molecule has 0 radical (unpaired) electrons. The number of hydrogen-bond acceptors (Lipinski definition) is 5. The van der Waals surface area contributed by atoms with Crippen LogP contribution in [0.5, 0.6) is 17.2 Å². The maximum absolute atomic E-state index is 12.8. The standard InChI is InChI=1S/C23H28O5/c1-25-20-12-13-21(22(16-20)26-2)23(24)17-8-10-19(11-9-17)28-15-14-27-18-6-4-3-5-7-18/h8-13,16,18H,3-7,14-15H2,1-2H3. The van der Waals surface area contributed by atoms with Gasteiger partial charge in [0.15, 0.2) is 5.78 Å². The highest BCUT2D eigenvalue weighted by Gasteiger charge is 2.16. The van der Waals surface area contributed by atoms with Crippen molar-refractivity contribution in [2.45, 2.75) is 38.2 Å². The van der Waals surface area contributed by atoms with Gasteiger partial charge in [-0.05, 0) is 49.2 Å². The monoisotopic (exact) mass is 384 g/mol. The highest BCUT2D eigenvalue weighted by atomic mass is 16.5. The molecule has 0 amide bonds. The summed E-state index contributed by atoms with van der Waals surface area (Å²) in [6, 6.07) is 12.3. The smallest absolute Gasteiger partial charge is 0.196 e. The van der Waals surface area contributed by atoms with Crippen molar-refractivity contribution in [1.82, 2.24) is 0 Å². The van der Waals surface area contributed by atoms with Gasteiger partial charge in [-0.1, -0.05) is 19.3 Å². The first kappa shape index (κ1) is 20.2. The van der Waals surface area contributed by atoms with Crippen molar-refractivity contribution in [1.29, 1.82) is 0 Å². The van der Waals surface area contributed by atoms with Crippen LogP contribution in [0.15, 0.2) is 42.5 Å². The molecule has 0 heterocycles. The van der Waals surface area contributed by atoms with Crippen molar-refractivity contribution < 1.29 is 23.7 Å². The van der Waals surface area contributed by atoms with E-state index >= 15 is 0 Å². The summed E-state index contributed by atoms with van der Waals surface area (Å²) in [5.41, 5.74) is 1.08. The van der Waals surface area contributed by atoms with Crippen LogP contribution in [-0.4, -0.2) is 39.3 Å². The number of ether oxygens (including phenoxy) is 4. The molecule has 0 spiro atoms. The van der Waals surface area contributed by atoms with E-state index in [4.69, 9.17) is 18.9 Å². The molecule has 5 heteroatoms. The normalized spacial score (nSPS) is 14.5. The van der Waals surface area contributed by atoms with Crippen molar-refractivity contribution in [2.75, 3.05) is 27.4 Å². The van der Waals surface area contributed by atoms with E-state index in [0.29, 0.717) is 41.9 Å². The minimum atomic E-state index is -0.105. The maximum Gasteiger partial charge on any atom is 0.196 e. The SMILES string of the molecule is COc1ccc(C(=O)c2ccc(OCCOC3CCCCC3)cc2)c(OC)c1. The largest absolute Gasteiger partial charge is 0.497 e. The van der Waals surface area contributed by atoms with Crippen LogP contribution in [0, 0.1) is 0 Å². The van der Waals surface area contributed by atoms with Crippen molar-refractivity contribution in [2.24, 2.45) is 0 Å². The number of methoxy groups -OCH3 is 2. The second-order valence-corrected chi connectivity index (χ2v) is 6.90. The predicted octanol–water partition coefficient (Wildman–Crippen LogP) is 4.66. The Labute approximate surface area is 166 Å². The molecule has 150 valence electrons. The van der Waals surface area contributed by atoms with Crippen LogP contribution >= 0.6 is 0 Å². The molecular formula is C23H28O5. The lowest BCUT2D eigenvalue weighted by atomic mass is 9.98. The summed E-state index contributed by atoms with van der Waals surface area (Å²) in [6.45, 7) is 1.10. The van der Waals surface area contributed by atoms with Crippen LogP contribution < -0.4 is 14.2 Å². The maximum atomic E-state index is 12.8. The van der Waals surface area contributed by atoms with Gasteiger partial charge in [-0.2, -0.15) is 0 Å². The van der Waals surface area contributed by atoms with E-state index in [2.05, 4.69) is 0 Å². The second kappa shape index (κ2) is 10.1. The van der Waals surface area contributed by atoms with Crippen LogP contribution in [-0.2, 0) is 4.74 Å². The lowest BCUT2D eigenvalue weighted by Crippen LogP contribution is -2.19. The first-order valence-corrected chi connectivity index (χ1v) is 9.82. The molecule has 0 aromatic heterocycles. The Morgan fingerprint density at radius 1 is 0.893 bits per heavy atom. The summed E-state index contributed by atoms with van der Waals surface area (Å²) in [5, 5.41) is 0. The highest BCUT2D eigenvalue weighted by molar-refractivity contribution is 6.10. The molecule has 0 aliphatic heterocycles. The number of ketones is 1. The van der Waals surface area contributed by atoms with E-state index in [9.17, 15) is 4.79 Å². The van der Waals surface area contributed by atoms with E-state index in [0.717, 1.165) is 18.6 Å². The van der Waals surface area contributed by atoms with E-state index < -0.39 is 0 Å². The zero-order valence-corrected chi connectivity index (χ0v) is 16.6. The van der Waals surface area contributed by atoms with Crippen molar-refractivity contribution >= 4 is 5.78 Å². The molecule has 2 aromatic carbocycles. The minimum absolute atomic E-state index is 0.105. The molecule has 1 aliphatic rings. The van der Waals surface area contributed by atoms with Crippen molar-refractivity contribution in [3.8, 4) is 17.2 Å². The van der Waals surface area contributed by atoms with Gasteiger partial charge in [0.2, 0.25) is 0 Å². The Bertz CT molecular complexity index is 763. The van der Waals surface area contributed by atoms with Gasteiger partial charge in [-0.15, -0.1) is 0 Å². The summed E-state index contributed by atoms with van der Waals surface area (Å²) in [6.07, 6.45) is 6.55. The summed E-state index contributed by atoms with van der Waals surface area (Å²) in [5.74, 6) is 1.76. The van der Waals surface area contributed by atoms with Gasteiger partial charge in [-0.3, -0.25) is 4.79 Å². The summed E-state index contributed by atoms with van der Waals surface area (Å²) in [7, 11) is 3.12. The Morgan fingerprint density at radius 3 is 2.29 bits per heavy atom. The van der Waals surface area contributed by atoms with Crippen molar-refractivity contribution in [3.05, 3.63) is 53.6 Å². The lowest BCUT2D eigenvalue weighted by Gasteiger charge is -2.21. The van der Waals surface area contributed by atoms with Gasteiger partial charge >= 0.3 is 0 Å². The topological polar surface area (TPSA) is 54.0 Å². The number of hydrogen-bond donors (Lipinski definition) is 0. The first-order valence-electron chi connectivity index (χ1n) is 9.82. The molecular weight excluding hydrogens is 356 g/mol. The molecule has 0 N–H and O–H groups in total. The third kappa shape index (κ3) is 5.26. The number of rotatable bonds is 9. The van der Waals surface area contributed by atoms with Gasteiger partial charge in [0, 0.05) is 11.6 Å². The molecule has 28 heavy (non-hydrogen) atoms. The van der Waals surface area contributed by atoms with Gasteiger partial charge in [-0.25, -0.2) is 0 Å². The lowest BCUT2D eigenvalue weighted by molar-refractivity contribution is 0.0129. The molecule has 0 bridgehead atoms. The van der Waals surface area contributed by atoms with Crippen LogP contribution in [0.2, 0.25) is 0 Å². The fourth-order valence-electron chi connectivity index (χ4n) is 3.45. The molecule has 2 aromatic rings. The van der Waals surface area contributed by atoms with Gasteiger partial charge in [0.25, 0.3) is 0 Å². The number of carbonyl (C=O) groups is 1. The van der Waals surface area contributed by atoms with Crippen molar-refractivity contribution in [3.63, 3.8) is 0 Å². The second-order valence-electron chi connectivity index (χ2n) is 6.90. The fraction of sp³-hybridized carbons (Fsp3) is 0.435. The van der Waals surface area contributed by atoms with Crippen LogP contribution in [0.25, 0.3) is 0 Å². The Balaban J connectivity index is 1.54. The number of benzene rings is 2. The molecule has 0 atom stereocenters. The average molecular weight is 384 g/mol. The van der Waals surface area contributed by atoms with E-state index in [1.54, 1.807) is 37.4 Å². The molecule has 0 saturated heterocycles. The minimum Gasteiger partial charge on any atom is -0.497 e. The first-order chi connectivity index (χ1) is 13.7. The quantitative estimate of drug-likeness (QED) is 0.465. The molecule has 5 nitrogen and oxygen atoms in total. The molecule has 3 rings (SSSR count). The van der Waals surface area contributed by atoms with Gasteiger partial charge in [0.05, 0.1) is 32.5 Å². The molecule has 1 saturated carbocycles. The van der Waals surface area contributed by atoms with E-state index in [1.165, 1.54) is 26.4 Å². The van der Waals surface area contributed by atoms with Crippen LogP contribution in [0.4, 0.5) is 0 Å². The predicted molar refractivity (Wildman–Crippen MR) is 108 cm³/mol. The van der Waals surface area contributed by atoms with Crippen LogP contribution in [0.1, 0.15) is 48.0 Å². The van der Waals surface area contributed by atoms with Gasteiger partial charge < -0.3 is 18.9 Å². The zero-order chi connectivity index (χ0) is 19.8. The van der Waals surface area contributed by atoms with Crippen LogP contribution in [0.3, 0.4) is 0 Å². The van der Waals surface area contributed by atoms with E-state index in [-0.39, 0.29) is 5.78 Å². The Morgan fingerprint density at radius 2 is 1.61 bits per heavy atom. The third-order valence-electron chi connectivity index (χ3n) is 5.03. The third-order valence-corrected chi connectivity index (χ3v) is 5.03. The van der Waals surface area contributed by atoms with E-state index in [1.807, 2.05) is 12.1 Å². The van der Waals surface area contributed by atoms with Gasteiger partial charge in [0.1, 0.15) is 23.9 Å². The Hall–Kier alpha value is -2.53. The average Bonchev–Trinajstić information content (AvgIpc) is 2.77. The summed E-state index contributed by atoms with van der Waals surface area (Å²) in [4.78, 5) is 12.8. The Kier molecular flexibility index (Phi) is 7.31. The molecule has 0 unspecified atom stereocenters. The molecule has 1 aliphatic carbocycles. The summed E-state index contributed by atoms with van der Waals surface area (Å²) < 4.78 is 22.1. The zero-order valence-electron chi connectivity index (χ0n) is 16.6. The molecule has 1 fully saturated rings.